The molecule has 2 N–H and O–H groups in total. The van der Waals surface area contributed by atoms with Crippen molar-refractivity contribution >= 4 is 5.91 Å². The normalized spacial score (nSPS) is 13.2. The summed E-state index contributed by atoms with van der Waals surface area (Å²) in [7, 11) is 0. The minimum atomic E-state index is -0.0779. The summed E-state index contributed by atoms with van der Waals surface area (Å²) in [6.07, 6.45) is 2.16. The van der Waals surface area contributed by atoms with Gasteiger partial charge >= 0.3 is 0 Å². The molecule has 0 aromatic heterocycles. The second-order valence-corrected chi connectivity index (χ2v) is 5.33. The predicted octanol–water partition coefficient (Wildman–Crippen LogP) is 2.17. The molecule has 0 heterocycles. The molecule has 16 heavy (non-hydrogen) atoms. The third-order valence-corrected chi connectivity index (χ3v) is 2.59. The van der Waals surface area contributed by atoms with E-state index in [0.29, 0.717) is 11.8 Å². The number of rotatable bonds is 8. The van der Waals surface area contributed by atoms with Crippen LogP contribution in [0.5, 0.6) is 0 Å². The molecule has 0 fully saturated rings. The molecule has 3 nitrogen and oxygen atoms in total. The molecular formula is C13H28N2O. The molecule has 0 bridgehead atoms. The number of hydrogen-bond donors (Lipinski definition) is 2. The van der Waals surface area contributed by atoms with E-state index in [2.05, 4.69) is 38.3 Å². The van der Waals surface area contributed by atoms with Gasteiger partial charge in [-0.3, -0.25) is 4.79 Å². The maximum Gasteiger partial charge on any atom is 0.236 e. The van der Waals surface area contributed by atoms with Crippen molar-refractivity contribution in [2.24, 2.45) is 11.8 Å². The number of carbonyl (C=O) groups is 1. The Kier molecular flexibility index (Phi) is 8.26. The number of hydrogen-bond acceptors (Lipinski definition) is 2. The monoisotopic (exact) mass is 228 g/mol. The number of nitrogens with one attached hydrogen (secondary N) is 2. The SMILES string of the molecule is CC(C)CCNC(=O)C(C)NCCC(C)C. The van der Waals surface area contributed by atoms with Crippen molar-refractivity contribution in [1.82, 2.24) is 10.6 Å². The van der Waals surface area contributed by atoms with Crippen LogP contribution in [0.1, 0.15) is 47.5 Å². The van der Waals surface area contributed by atoms with Crippen molar-refractivity contribution in [3.8, 4) is 0 Å². The molecule has 0 aliphatic rings. The van der Waals surface area contributed by atoms with Gasteiger partial charge in [0.1, 0.15) is 0 Å². The lowest BCUT2D eigenvalue weighted by Crippen LogP contribution is -2.43. The molecule has 0 saturated carbocycles. The highest BCUT2D eigenvalue weighted by Gasteiger charge is 2.11. The molecule has 0 spiro atoms. The van der Waals surface area contributed by atoms with E-state index >= 15 is 0 Å². The Hall–Kier alpha value is -0.570. The van der Waals surface area contributed by atoms with E-state index < -0.39 is 0 Å². The van der Waals surface area contributed by atoms with Crippen LogP contribution in [0.3, 0.4) is 0 Å². The maximum absolute atomic E-state index is 11.6. The molecule has 1 unspecified atom stereocenters. The topological polar surface area (TPSA) is 41.1 Å². The third kappa shape index (κ3) is 8.72. The lowest BCUT2D eigenvalue weighted by molar-refractivity contribution is -0.122. The van der Waals surface area contributed by atoms with Gasteiger partial charge in [0.05, 0.1) is 6.04 Å². The van der Waals surface area contributed by atoms with Gasteiger partial charge in [-0.25, -0.2) is 0 Å². The highest BCUT2D eigenvalue weighted by atomic mass is 16.2. The van der Waals surface area contributed by atoms with Crippen LogP contribution in [0.4, 0.5) is 0 Å². The lowest BCUT2D eigenvalue weighted by Gasteiger charge is -2.15. The van der Waals surface area contributed by atoms with Gasteiger partial charge in [-0.1, -0.05) is 27.7 Å². The summed E-state index contributed by atoms with van der Waals surface area (Å²) in [4.78, 5) is 11.6. The Balaban J connectivity index is 3.57. The van der Waals surface area contributed by atoms with Crippen LogP contribution in [-0.2, 0) is 4.79 Å². The van der Waals surface area contributed by atoms with Gasteiger partial charge in [0.2, 0.25) is 5.91 Å². The molecule has 0 aliphatic heterocycles. The predicted molar refractivity (Wildman–Crippen MR) is 69.4 cm³/mol. The number of carbonyl (C=O) groups excluding carboxylic acids is 1. The smallest absolute Gasteiger partial charge is 0.236 e. The average Bonchev–Trinajstić information content (AvgIpc) is 2.16. The highest BCUT2D eigenvalue weighted by molar-refractivity contribution is 5.81. The molecule has 1 atom stereocenters. The molecule has 0 aliphatic carbocycles. The minimum absolute atomic E-state index is 0.0779. The van der Waals surface area contributed by atoms with Crippen LogP contribution in [0.2, 0.25) is 0 Å². The van der Waals surface area contributed by atoms with Crippen LogP contribution in [0.15, 0.2) is 0 Å². The molecule has 96 valence electrons. The van der Waals surface area contributed by atoms with E-state index in [9.17, 15) is 4.79 Å². The van der Waals surface area contributed by atoms with Gasteiger partial charge in [-0.05, 0) is 38.1 Å². The van der Waals surface area contributed by atoms with Crippen LogP contribution < -0.4 is 10.6 Å². The second-order valence-electron chi connectivity index (χ2n) is 5.33. The van der Waals surface area contributed by atoms with Gasteiger partial charge in [0.15, 0.2) is 0 Å². The Labute approximate surface area is 100 Å². The Morgan fingerprint density at radius 3 is 1.94 bits per heavy atom. The van der Waals surface area contributed by atoms with E-state index in [-0.39, 0.29) is 11.9 Å². The molecule has 1 amide bonds. The van der Waals surface area contributed by atoms with Crippen molar-refractivity contribution in [2.75, 3.05) is 13.1 Å². The molecular weight excluding hydrogens is 200 g/mol. The third-order valence-electron chi connectivity index (χ3n) is 2.59. The number of amides is 1. The minimum Gasteiger partial charge on any atom is -0.355 e. The quantitative estimate of drug-likeness (QED) is 0.668. The Bertz CT molecular complexity index is 190. The maximum atomic E-state index is 11.6. The summed E-state index contributed by atoms with van der Waals surface area (Å²) < 4.78 is 0. The molecule has 0 rings (SSSR count). The fourth-order valence-corrected chi connectivity index (χ4v) is 1.32. The van der Waals surface area contributed by atoms with Gasteiger partial charge in [0, 0.05) is 6.54 Å². The Morgan fingerprint density at radius 1 is 0.938 bits per heavy atom. The summed E-state index contributed by atoms with van der Waals surface area (Å²) in [5.41, 5.74) is 0. The molecule has 0 saturated heterocycles. The molecule has 3 heteroatoms. The summed E-state index contributed by atoms with van der Waals surface area (Å²) in [6.45, 7) is 12.3. The lowest BCUT2D eigenvalue weighted by atomic mass is 10.1. The van der Waals surface area contributed by atoms with E-state index in [0.717, 1.165) is 25.9 Å². The van der Waals surface area contributed by atoms with Crippen molar-refractivity contribution in [1.29, 1.82) is 0 Å². The van der Waals surface area contributed by atoms with E-state index in [1.807, 2.05) is 6.92 Å². The second kappa shape index (κ2) is 8.57. The van der Waals surface area contributed by atoms with Crippen molar-refractivity contribution < 1.29 is 4.79 Å². The van der Waals surface area contributed by atoms with Gasteiger partial charge in [-0.15, -0.1) is 0 Å². The first kappa shape index (κ1) is 15.4. The molecule has 0 aromatic rings. The zero-order valence-electron chi connectivity index (χ0n) is 11.5. The van der Waals surface area contributed by atoms with Crippen LogP contribution in [-0.4, -0.2) is 25.0 Å². The summed E-state index contributed by atoms with van der Waals surface area (Å²) in [6, 6.07) is -0.0779. The summed E-state index contributed by atoms with van der Waals surface area (Å²) in [5.74, 6) is 1.44. The molecule has 0 radical (unpaired) electrons. The van der Waals surface area contributed by atoms with Gasteiger partial charge < -0.3 is 10.6 Å². The van der Waals surface area contributed by atoms with E-state index in [4.69, 9.17) is 0 Å². The highest BCUT2D eigenvalue weighted by Crippen LogP contribution is 1.98. The van der Waals surface area contributed by atoms with Crippen molar-refractivity contribution in [3.05, 3.63) is 0 Å². The largest absolute Gasteiger partial charge is 0.355 e. The van der Waals surface area contributed by atoms with Crippen LogP contribution in [0.25, 0.3) is 0 Å². The fraction of sp³-hybridized carbons (Fsp3) is 0.923. The van der Waals surface area contributed by atoms with Crippen molar-refractivity contribution in [2.45, 2.75) is 53.5 Å². The zero-order valence-corrected chi connectivity index (χ0v) is 11.5. The average molecular weight is 228 g/mol. The van der Waals surface area contributed by atoms with Crippen LogP contribution in [0, 0.1) is 11.8 Å². The van der Waals surface area contributed by atoms with Gasteiger partial charge in [0.25, 0.3) is 0 Å². The zero-order chi connectivity index (χ0) is 12.6. The first-order chi connectivity index (χ1) is 7.43. The van der Waals surface area contributed by atoms with Crippen LogP contribution >= 0.6 is 0 Å². The van der Waals surface area contributed by atoms with E-state index in [1.54, 1.807) is 0 Å². The van der Waals surface area contributed by atoms with E-state index in [1.165, 1.54) is 0 Å². The fourth-order valence-electron chi connectivity index (χ4n) is 1.32. The molecule has 0 aromatic carbocycles. The summed E-state index contributed by atoms with van der Waals surface area (Å²) >= 11 is 0. The first-order valence-electron chi connectivity index (χ1n) is 6.44. The standard InChI is InChI=1S/C13H28N2O/c1-10(2)6-8-14-12(5)13(16)15-9-7-11(3)4/h10-12,14H,6-9H2,1-5H3,(H,15,16). The summed E-state index contributed by atoms with van der Waals surface area (Å²) in [5, 5.41) is 6.19. The Morgan fingerprint density at radius 2 is 1.44 bits per heavy atom. The van der Waals surface area contributed by atoms with Crippen molar-refractivity contribution in [3.63, 3.8) is 0 Å². The van der Waals surface area contributed by atoms with Gasteiger partial charge in [-0.2, -0.15) is 0 Å². The first-order valence-corrected chi connectivity index (χ1v) is 6.44.